The number of methoxy groups -OCH3 is 1. The normalized spacial score (nSPS) is 11.2. The van der Waals surface area contributed by atoms with Gasteiger partial charge in [-0.3, -0.25) is 0 Å². The summed E-state index contributed by atoms with van der Waals surface area (Å²) in [6.45, 7) is 0. The van der Waals surface area contributed by atoms with Gasteiger partial charge in [0, 0.05) is 31.2 Å². The van der Waals surface area contributed by atoms with Gasteiger partial charge in [0.2, 0.25) is 0 Å². The van der Waals surface area contributed by atoms with Gasteiger partial charge in [-0.05, 0) is 23.8 Å². The molecule has 0 saturated heterocycles. The van der Waals surface area contributed by atoms with Crippen LogP contribution < -0.4 is 4.74 Å². The van der Waals surface area contributed by atoms with Crippen molar-refractivity contribution in [3.8, 4) is 16.9 Å². The first-order chi connectivity index (χ1) is 11.6. The number of aliphatic imine (C=N–C) groups is 1. The van der Waals surface area contributed by atoms with E-state index in [1.165, 1.54) is 0 Å². The fourth-order valence-electron chi connectivity index (χ4n) is 2.14. The molecule has 0 aliphatic rings. The molecule has 2 aromatic heterocycles. The zero-order chi connectivity index (χ0) is 17.1. The minimum atomic E-state index is 0.344. The second-order valence-corrected chi connectivity index (χ2v) is 5.70. The van der Waals surface area contributed by atoms with Crippen molar-refractivity contribution in [2.75, 3.05) is 21.2 Å². The molecule has 0 bridgehead atoms. The Morgan fingerprint density at radius 2 is 1.92 bits per heavy atom. The Bertz CT molecular complexity index is 893. The quantitative estimate of drug-likeness (QED) is 0.412. The molecule has 24 heavy (non-hydrogen) atoms. The lowest BCUT2D eigenvalue weighted by molar-refractivity contribution is 0.415. The van der Waals surface area contributed by atoms with Crippen LogP contribution in [-0.4, -0.2) is 47.4 Å². The molecule has 0 radical (unpaired) electrons. The van der Waals surface area contributed by atoms with E-state index in [9.17, 15) is 0 Å². The van der Waals surface area contributed by atoms with Crippen LogP contribution >= 0.6 is 11.6 Å². The van der Waals surface area contributed by atoms with E-state index in [4.69, 9.17) is 16.3 Å². The van der Waals surface area contributed by atoms with Gasteiger partial charge in [0.15, 0.2) is 5.65 Å². The lowest BCUT2D eigenvalue weighted by atomic mass is 10.1. The predicted molar refractivity (Wildman–Crippen MR) is 96.2 cm³/mol. The third-order valence-corrected chi connectivity index (χ3v) is 3.60. The van der Waals surface area contributed by atoms with Crippen LogP contribution in [0.2, 0.25) is 5.15 Å². The number of fused-ring (bicyclic) bond motifs is 1. The van der Waals surface area contributed by atoms with Crippen LogP contribution in [0.1, 0.15) is 0 Å². The highest BCUT2D eigenvalue weighted by molar-refractivity contribution is 6.32. The highest BCUT2D eigenvalue weighted by Gasteiger charge is 2.09. The zero-order valence-corrected chi connectivity index (χ0v) is 14.3. The standard InChI is InChI=1S/C17H16ClN5O/c1-23(2)10-20-17-19-9-12-8-14(15(18)21-16(12)22-17)11-4-6-13(24-3)7-5-11/h4-10H,1-3H3. The summed E-state index contributed by atoms with van der Waals surface area (Å²) < 4.78 is 5.17. The van der Waals surface area contributed by atoms with E-state index in [2.05, 4.69) is 19.9 Å². The summed E-state index contributed by atoms with van der Waals surface area (Å²) in [5.74, 6) is 1.13. The minimum absolute atomic E-state index is 0.344. The van der Waals surface area contributed by atoms with Crippen molar-refractivity contribution < 1.29 is 4.74 Å². The van der Waals surface area contributed by atoms with Crippen molar-refractivity contribution in [1.29, 1.82) is 0 Å². The molecule has 0 aliphatic carbocycles. The van der Waals surface area contributed by atoms with Crippen LogP contribution in [0, 0.1) is 0 Å². The van der Waals surface area contributed by atoms with Crippen molar-refractivity contribution in [2.24, 2.45) is 4.99 Å². The van der Waals surface area contributed by atoms with E-state index in [-0.39, 0.29) is 0 Å². The second kappa shape index (κ2) is 6.80. The van der Waals surface area contributed by atoms with Crippen molar-refractivity contribution in [1.82, 2.24) is 19.9 Å². The Labute approximate surface area is 144 Å². The van der Waals surface area contributed by atoms with E-state index in [1.54, 1.807) is 24.5 Å². The van der Waals surface area contributed by atoms with Crippen LogP contribution in [0.4, 0.5) is 5.95 Å². The van der Waals surface area contributed by atoms with Crippen LogP contribution in [0.5, 0.6) is 5.75 Å². The monoisotopic (exact) mass is 341 g/mol. The van der Waals surface area contributed by atoms with Crippen LogP contribution in [-0.2, 0) is 0 Å². The third kappa shape index (κ3) is 3.44. The molecule has 0 unspecified atom stereocenters. The fourth-order valence-corrected chi connectivity index (χ4v) is 2.38. The number of nitrogens with zero attached hydrogens (tertiary/aromatic N) is 5. The van der Waals surface area contributed by atoms with E-state index in [1.807, 2.05) is 44.4 Å². The number of aromatic nitrogens is 3. The molecule has 0 fully saturated rings. The first kappa shape index (κ1) is 16.1. The maximum absolute atomic E-state index is 6.34. The molecule has 0 atom stereocenters. The van der Waals surface area contributed by atoms with Gasteiger partial charge in [-0.2, -0.15) is 4.98 Å². The van der Waals surface area contributed by atoms with Gasteiger partial charge in [0.05, 0.1) is 13.4 Å². The summed E-state index contributed by atoms with van der Waals surface area (Å²) in [4.78, 5) is 18.9. The molecule has 2 heterocycles. The number of hydrogen-bond acceptors (Lipinski definition) is 5. The number of rotatable bonds is 4. The van der Waals surface area contributed by atoms with E-state index in [0.717, 1.165) is 22.3 Å². The Hall–Kier alpha value is -2.73. The molecule has 3 rings (SSSR count). The number of halogens is 1. The molecule has 7 heteroatoms. The lowest BCUT2D eigenvalue weighted by Gasteiger charge is -2.07. The van der Waals surface area contributed by atoms with Gasteiger partial charge in [0.25, 0.3) is 5.95 Å². The topological polar surface area (TPSA) is 63.5 Å². The molecule has 6 nitrogen and oxygen atoms in total. The van der Waals surface area contributed by atoms with Crippen molar-refractivity contribution in [3.05, 3.63) is 41.7 Å². The maximum atomic E-state index is 6.34. The molecule has 3 aromatic rings. The van der Waals surface area contributed by atoms with E-state index >= 15 is 0 Å². The summed E-state index contributed by atoms with van der Waals surface area (Å²) in [5, 5.41) is 1.18. The molecule has 0 aliphatic heterocycles. The highest BCUT2D eigenvalue weighted by atomic mass is 35.5. The summed E-state index contributed by atoms with van der Waals surface area (Å²) in [6.07, 6.45) is 3.33. The maximum Gasteiger partial charge on any atom is 0.252 e. The van der Waals surface area contributed by atoms with Crippen LogP contribution in [0.15, 0.2) is 41.5 Å². The van der Waals surface area contributed by atoms with E-state index in [0.29, 0.717) is 16.7 Å². The SMILES string of the molecule is COc1ccc(-c2cc3cnc(N=CN(C)C)nc3nc2Cl)cc1. The predicted octanol–water partition coefficient (Wildman–Crippen LogP) is 3.58. The minimum Gasteiger partial charge on any atom is -0.497 e. The Morgan fingerprint density at radius 1 is 1.17 bits per heavy atom. The first-order valence-corrected chi connectivity index (χ1v) is 7.63. The lowest BCUT2D eigenvalue weighted by Crippen LogP contribution is -2.07. The summed E-state index contributed by atoms with van der Waals surface area (Å²) in [6, 6.07) is 9.55. The molecule has 0 N–H and O–H groups in total. The van der Waals surface area contributed by atoms with Crippen molar-refractivity contribution in [3.63, 3.8) is 0 Å². The largest absolute Gasteiger partial charge is 0.497 e. The van der Waals surface area contributed by atoms with Crippen molar-refractivity contribution in [2.45, 2.75) is 0 Å². The van der Waals surface area contributed by atoms with Crippen molar-refractivity contribution >= 4 is 34.9 Å². The summed E-state index contributed by atoms with van der Waals surface area (Å²) in [5.41, 5.74) is 2.28. The molecule has 122 valence electrons. The highest BCUT2D eigenvalue weighted by Crippen LogP contribution is 2.30. The molecular formula is C17H16ClN5O. The number of hydrogen-bond donors (Lipinski definition) is 0. The van der Waals surface area contributed by atoms with Crippen LogP contribution in [0.3, 0.4) is 0 Å². The number of pyridine rings is 1. The molecule has 0 amide bonds. The summed E-state index contributed by atoms with van der Waals surface area (Å²) >= 11 is 6.34. The molecule has 0 spiro atoms. The van der Waals surface area contributed by atoms with Gasteiger partial charge in [-0.25, -0.2) is 15.0 Å². The Balaban J connectivity index is 2.02. The van der Waals surface area contributed by atoms with Gasteiger partial charge in [-0.15, -0.1) is 0 Å². The average molecular weight is 342 g/mol. The Kier molecular flexibility index (Phi) is 4.57. The van der Waals surface area contributed by atoms with Gasteiger partial charge >= 0.3 is 0 Å². The molecule has 1 aromatic carbocycles. The van der Waals surface area contributed by atoms with Gasteiger partial charge in [-0.1, -0.05) is 23.7 Å². The first-order valence-electron chi connectivity index (χ1n) is 7.25. The van der Waals surface area contributed by atoms with Crippen LogP contribution in [0.25, 0.3) is 22.2 Å². The average Bonchev–Trinajstić information content (AvgIpc) is 2.59. The third-order valence-electron chi connectivity index (χ3n) is 3.31. The van der Waals surface area contributed by atoms with E-state index < -0.39 is 0 Å². The summed E-state index contributed by atoms with van der Waals surface area (Å²) in [7, 11) is 5.38. The number of ether oxygens (including phenoxy) is 1. The second-order valence-electron chi connectivity index (χ2n) is 5.35. The van der Waals surface area contributed by atoms with Gasteiger partial charge < -0.3 is 9.64 Å². The fraction of sp³-hybridized carbons (Fsp3) is 0.176. The van der Waals surface area contributed by atoms with Gasteiger partial charge in [0.1, 0.15) is 10.9 Å². The Morgan fingerprint density at radius 3 is 2.58 bits per heavy atom. The molecule has 0 saturated carbocycles. The smallest absolute Gasteiger partial charge is 0.252 e. The zero-order valence-electron chi connectivity index (χ0n) is 13.6. The number of benzene rings is 1. The molecular weight excluding hydrogens is 326 g/mol.